The molecule has 0 atom stereocenters. The SMILES string of the molecule is C=CO[Si](OC(=O)c1ccccc1)(OC(=O)c1ccccc1)OC(=O)c1ccccc1. The summed E-state index contributed by atoms with van der Waals surface area (Å²) in [5, 5.41) is 0. The monoisotopic (exact) mass is 434 g/mol. The minimum atomic E-state index is -4.70. The van der Waals surface area contributed by atoms with E-state index in [-0.39, 0.29) is 16.7 Å². The van der Waals surface area contributed by atoms with Crippen LogP contribution in [0.25, 0.3) is 0 Å². The van der Waals surface area contributed by atoms with Gasteiger partial charge in [0.05, 0.1) is 23.0 Å². The van der Waals surface area contributed by atoms with Crippen molar-refractivity contribution in [3.8, 4) is 0 Å². The molecule has 3 aromatic rings. The Morgan fingerprint density at radius 2 is 0.871 bits per heavy atom. The Kier molecular flexibility index (Phi) is 6.97. The Labute approximate surface area is 179 Å². The topological polar surface area (TPSA) is 88.1 Å². The highest BCUT2D eigenvalue weighted by Crippen LogP contribution is 2.20. The van der Waals surface area contributed by atoms with Crippen molar-refractivity contribution in [1.29, 1.82) is 0 Å². The molecular weight excluding hydrogens is 416 g/mol. The van der Waals surface area contributed by atoms with Crippen molar-refractivity contribution in [2.45, 2.75) is 0 Å². The van der Waals surface area contributed by atoms with Crippen molar-refractivity contribution in [3.63, 3.8) is 0 Å². The van der Waals surface area contributed by atoms with Crippen LogP contribution in [-0.2, 0) is 17.7 Å². The van der Waals surface area contributed by atoms with E-state index in [2.05, 4.69) is 6.58 Å². The predicted octanol–water partition coefficient (Wildman–Crippen LogP) is 4.15. The molecule has 3 aromatic carbocycles. The second kappa shape index (κ2) is 10.0. The molecule has 0 heterocycles. The molecule has 0 unspecified atom stereocenters. The summed E-state index contributed by atoms with van der Waals surface area (Å²) in [5.41, 5.74) is 0.454. The minimum Gasteiger partial charge on any atom is -0.459 e. The maximum atomic E-state index is 12.7. The lowest BCUT2D eigenvalue weighted by Crippen LogP contribution is -2.52. The highest BCUT2D eigenvalue weighted by Gasteiger charge is 2.61. The van der Waals surface area contributed by atoms with E-state index in [1.165, 1.54) is 36.4 Å². The van der Waals surface area contributed by atoms with Crippen molar-refractivity contribution in [2.75, 3.05) is 0 Å². The smallest absolute Gasteiger partial charge is 0.459 e. The van der Waals surface area contributed by atoms with Gasteiger partial charge in [-0.25, -0.2) is 14.4 Å². The number of carbonyl (C=O) groups is 3. The quantitative estimate of drug-likeness (QED) is 0.389. The van der Waals surface area contributed by atoms with E-state index >= 15 is 0 Å². The van der Waals surface area contributed by atoms with Crippen LogP contribution in [0, 0.1) is 0 Å². The third-order valence-electron chi connectivity index (χ3n) is 3.91. The third kappa shape index (κ3) is 5.68. The van der Waals surface area contributed by atoms with Crippen LogP contribution in [0.1, 0.15) is 31.1 Å². The van der Waals surface area contributed by atoms with Crippen LogP contribution >= 0.6 is 0 Å². The summed E-state index contributed by atoms with van der Waals surface area (Å²) < 4.78 is 21.4. The second-order valence-electron chi connectivity index (χ2n) is 6.05. The first kappa shape index (κ1) is 21.5. The number of hydrogen-bond acceptors (Lipinski definition) is 7. The average Bonchev–Trinajstić information content (AvgIpc) is 2.81. The maximum Gasteiger partial charge on any atom is 0.973 e. The van der Waals surface area contributed by atoms with Gasteiger partial charge >= 0.3 is 27.0 Å². The Bertz CT molecular complexity index is 923. The Morgan fingerprint density at radius 1 is 0.581 bits per heavy atom. The molecule has 0 aliphatic carbocycles. The molecule has 0 amide bonds. The minimum absolute atomic E-state index is 0.151. The summed E-state index contributed by atoms with van der Waals surface area (Å²) in [7, 11) is -4.70. The van der Waals surface area contributed by atoms with Crippen LogP contribution in [0.3, 0.4) is 0 Å². The molecule has 0 saturated carbocycles. The lowest BCUT2D eigenvalue weighted by Gasteiger charge is -2.24. The summed E-state index contributed by atoms with van der Waals surface area (Å²) in [4.78, 5) is 38.1. The fourth-order valence-corrected chi connectivity index (χ4v) is 3.99. The van der Waals surface area contributed by atoms with Gasteiger partial charge in [0.1, 0.15) is 0 Å². The molecule has 3 rings (SSSR count). The fraction of sp³-hybridized carbons (Fsp3) is 0. The van der Waals surface area contributed by atoms with Gasteiger partial charge < -0.3 is 17.7 Å². The van der Waals surface area contributed by atoms with Crippen LogP contribution < -0.4 is 0 Å². The van der Waals surface area contributed by atoms with E-state index in [1.807, 2.05) is 0 Å². The van der Waals surface area contributed by atoms with Gasteiger partial charge in [-0.1, -0.05) is 61.2 Å². The lowest BCUT2D eigenvalue weighted by molar-refractivity contribution is 0.00481. The molecule has 156 valence electrons. The highest BCUT2D eigenvalue weighted by molar-refractivity contribution is 6.60. The van der Waals surface area contributed by atoms with Crippen molar-refractivity contribution >= 4 is 27.0 Å². The van der Waals surface area contributed by atoms with Crippen molar-refractivity contribution in [3.05, 3.63) is 121 Å². The first-order valence-corrected chi connectivity index (χ1v) is 10.8. The molecule has 0 bridgehead atoms. The van der Waals surface area contributed by atoms with Gasteiger partial charge in [-0.05, 0) is 36.4 Å². The summed E-state index contributed by atoms with van der Waals surface area (Å²) >= 11 is 0. The van der Waals surface area contributed by atoms with Gasteiger partial charge in [-0.3, -0.25) is 0 Å². The normalized spacial score (nSPS) is 10.5. The molecule has 0 radical (unpaired) electrons. The summed E-state index contributed by atoms with van der Waals surface area (Å²) in [5.74, 6) is -2.68. The number of carbonyl (C=O) groups excluding carboxylic acids is 3. The highest BCUT2D eigenvalue weighted by atomic mass is 28.4. The second-order valence-corrected chi connectivity index (χ2v) is 7.90. The first-order valence-electron chi connectivity index (χ1n) is 9.17. The summed E-state index contributed by atoms with van der Waals surface area (Å²) in [6, 6.07) is 23.9. The molecular formula is C23H18O7Si. The van der Waals surface area contributed by atoms with Crippen molar-refractivity contribution in [1.82, 2.24) is 0 Å². The number of hydrogen-bond donors (Lipinski definition) is 0. The van der Waals surface area contributed by atoms with Crippen LogP contribution in [0.15, 0.2) is 104 Å². The van der Waals surface area contributed by atoms with Gasteiger partial charge in [0.25, 0.3) is 0 Å². The molecule has 0 spiro atoms. The molecule has 0 aliphatic rings. The van der Waals surface area contributed by atoms with Gasteiger partial charge in [-0.2, -0.15) is 0 Å². The largest absolute Gasteiger partial charge is 0.973 e. The molecule has 7 nitrogen and oxygen atoms in total. The van der Waals surface area contributed by atoms with Crippen LogP contribution in [0.4, 0.5) is 0 Å². The van der Waals surface area contributed by atoms with Gasteiger partial charge in [-0.15, -0.1) is 0 Å². The van der Waals surface area contributed by atoms with Crippen LogP contribution in [0.2, 0.25) is 0 Å². The summed E-state index contributed by atoms with van der Waals surface area (Å²) in [6.07, 6.45) is 0.890. The van der Waals surface area contributed by atoms with E-state index in [4.69, 9.17) is 17.7 Å². The van der Waals surface area contributed by atoms with Crippen LogP contribution in [0.5, 0.6) is 0 Å². The molecule has 0 aromatic heterocycles. The number of rotatable bonds is 8. The third-order valence-corrected chi connectivity index (χ3v) is 5.67. The van der Waals surface area contributed by atoms with E-state index in [1.54, 1.807) is 54.6 Å². The Morgan fingerprint density at radius 3 is 1.13 bits per heavy atom. The Hall–Kier alpha value is -4.17. The van der Waals surface area contributed by atoms with E-state index in [0.717, 1.165) is 6.26 Å². The molecule has 31 heavy (non-hydrogen) atoms. The van der Waals surface area contributed by atoms with Gasteiger partial charge in [0.2, 0.25) is 0 Å². The van der Waals surface area contributed by atoms with Crippen molar-refractivity contribution < 1.29 is 32.1 Å². The average molecular weight is 434 g/mol. The zero-order chi connectivity index (χ0) is 22.1. The lowest BCUT2D eigenvalue weighted by atomic mass is 10.2. The first-order chi connectivity index (χ1) is 15.0. The maximum absolute atomic E-state index is 12.7. The molecule has 0 saturated heterocycles. The molecule has 8 heteroatoms. The zero-order valence-corrected chi connectivity index (χ0v) is 17.3. The Balaban J connectivity index is 1.94. The standard InChI is InChI=1S/C23H18O7Si/c1-2-27-31(28-21(24)18-12-6-3-7-13-18,29-22(25)19-14-8-4-9-15-19)30-23(26)20-16-10-5-11-17-20/h2-17H,1H2. The van der Waals surface area contributed by atoms with E-state index < -0.39 is 27.0 Å². The molecule has 0 N–H and O–H groups in total. The van der Waals surface area contributed by atoms with Crippen molar-refractivity contribution in [2.24, 2.45) is 0 Å². The number of benzene rings is 3. The molecule has 0 fully saturated rings. The zero-order valence-electron chi connectivity index (χ0n) is 16.3. The van der Waals surface area contributed by atoms with Gasteiger partial charge in [0.15, 0.2) is 0 Å². The van der Waals surface area contributed by atoms with E-state index in [9.17, 15) is 14.4 Å². The predicted molar refractivity (Wildman–Crippen MR) is 113 cm³/mol. The summed E-state index contributed by atoms with van der Waals surface area (Å²) in [6.45, 7) is 3.42. The van der Waals surface area contributed by atoms with Gasteiger partial charge in [0, 0.05) is 0 Å². The fourth-order valence-electron chi connectivity index (χ4n) is 2.48. The van der Waals surface area contributed by atoms with Crippen LogP contribution in [-0.4, -0.2) is 27.0 Å². The van der Waals surface area contributed by atoms with E-state index in [0.29, 0.717) is 0 Å². The molecule has 0 aliphatic heterocycles.